The van der Waals surface area contributed by atoms with E-state index in [1.54, 1.807) is 35.1 Å². The summed E-state index contributed by atoms with van der Waals surface area (Å²) in [7, 11) is 0. The zero-order chi connectivity index (χ0) is 17.7. The minimum Gasteiger partial charge on any atom is -0.481 e. The first-order chi connectivity index (χ1) is 11.4. The van der Waals surface area contributed by atoms with Crippen LogP contribution in [0.15, 0.2) is 36.5 Å². The van der Waals surface area contributed by atoms with Crippen molar-refractivity contribution < 1.29 is 14.7 Å². The monoisotopic (exact) mass is 349 g/mol. The molecule has 1 atom stereocenters. The van der Waals surface area contributed by atoms with Crippen molar-refractivity contribution in [1.29, 1.82) is 0 Å². The number of amides is 1. The van der Waals surface area contributed by atoms with Gasteiger partial charge in [-0.2, -0.15) is 5.10 Å². The normalized spacial score (nSPS) is 12.2. The van der Waals surface area contributed by atoms with Crippen LogP contribution in [0.2, 0.25) is 5.02 Å². The van der Waals surface area contributed by atoms with Crippen LogP contribution in [0.3, 0.4) is 0 Å². The van der Waals surface area contributed by atoms with Gasteiger partial charge < -0.3 is 10.4 Å². The quantitative estimate of drug-likeness (QED) is 0.804. The van der Waals surface area contributed by atoms with E-state index < -0.39 is 17.8 Å². The van der Waals surface area contributed by atoms with E-state index in [1.807, 2.05) is 19.9 Å². The Bertz CT molecular complexity index is 727. The third-order valence-corrected chi connectivity index (χ3v) is 3.74. The van der Waals surface area contributed by atoms with Gasteiger partial charge in [-0.1, -0.05) is 31.5 Å². The van der Waals surface area contributed by atoms with Crippen molar-refractivity contribution >= 4 is 23.5 Å². The third-order valence-electron chi connectivity index (χ3n) is 3.51. The van der Waals surface area contributed by atoms with E-state index in [0.29, 0.717) is 11.4 Å². The van der Waals surface area contributed by atoms with Crippen molar-refractivity contribution in [3.8, 4) is 5.69 Å². The molecule has 1 amide bonds. The maximum Gasteiger partial charge on any atom is 0.308 e. The number of aliphatic carboxylic acids is 1. The zero-order valence-corrected chi connectivity index (χ0v) is 14.3. The molecule has 0 aliphatic rings. The van der Waals surface area contributed by atoms with E-state index in [-0.39, 0.29) is 18.2 Å². The molecule has 6 nitrogen and oxygen atoms in total. The number of carbonyl (C=O) groups excluding carboxylic acids is 1. The van der Waals surface area contributed by atoms with Crippen LogP contribution in [0, 0.1) is 11.8 Å². The average molecular weight is 350 g/mol. The fraction of sp³-hybridized carbons (Fsp3) is 0.353. The van der Waals surface area contributed by atoms with Crippen molar-refractivity contribution in [3.63, 3.8) is 0 Å². The summed E-state index contributed by atoms with van der Waals surface area (Å²) >= 11 is 5.94. The van der Waals surface area contributed by atoms with Gasteiger partial charge >= 0.3 is 5.97 Å². The van der Waals surface area contributed by atoms with Crippen molar-refractivity contribution in [1.82, 2.24) is 15.1 Å². The van der Waals surface area contributed by atoms with Crippen molar-refractivity contribution in [3.05, 3.63) is 47.2 Å². The number of benzene rings is 1. The molecule has 0 aliphatic heterocycles. The van der Waals surface area contributed by atoms with Gasteiger partial charge in [-0.3, -0.25) is 9.59 Å². The zero-order valence-electron chi connectivity index (χ0n) is 13.6. The predicted octanol–water partition coefficient (Wildman–Crippen LogP) is 3.00. The summed E-state index contributed by atoms with van der Waals surface area (Å²) in [4.78, 5) is 23.4. The molecular weight excluding hydrogens is 330 g/mol. The van der Waals surface area contributed by atoms with E-state index in [2.05, 4.69) is 10.4 Å². The number of nitrogens with one attached hydrogen (secondary N) is 1. The van der Waals surface area contributed by atoms with Crippen LogP contribution < -0.4 is 5.32 Å². The lowest BCUT2D eigenvalue weighted by atomic mass is 9.97. The van der Waals surface area contributed by atoms with Crippen LogP contribution in [0.5, 0.6) is 0 Å². The lowest BCUT2D eigenvalue weighted by Crippen LogP contribution is -2.33. The number of carboxylic acids is 1. The molecule has 2 N–H and O–H groups in total. The van der Waals surface area contributed by atoms with Gasteiger partial charge in [0.1, 0.15) is 0 Å². The molecule has 1 unspecified atom stereocenters. The molecule has 128 valence electrons. The Kier molecular flexibility index (Phi) is 5.98. The second kappa shape index (κ2) is 7.97. The number of carbonyl (C=O) groups is 2. The Labute approximate surface area is 145 Å². The summed E-state index contributed by atoms with van der Waals surface area (Å²) in [6.07, 6.45) is 2.16. The molecule has 0 radical (unpaired) electrons. The maximum atomic E-state index is 12.2. The van der Waals surface area contributed by atoms with Gasteiger partial charge in [0.25, 0.3) is 5.91 Å². The van der Waals surface area contributed by atoms with Crippen molar-refractivity contribution in [2.45, 2.75) is 20.3 Å². The molecule has 24 heavy (non-hydrogen) atoms. The Morgan fingerprint density at radius 1 is 1.33 bits per heavy atom. The summed E-state index contributed by atoms with van der Waals surface area (Å²) in [5, 5.41) is 16.6. The van der Waals surface area contributed by atoms with Crippen LogP contribution in [-0.2, 0) is 4.79 Å². The maximum absolute atomic E-state index is 12.2. The van der Waals surface area contributed by atoms with Crippen molar-refractivity contribution in [2.24, 2.45) is 11.8 Å². The lowest BCUT2D eigenvalue weighted by molar-refractivity contribution is -0.142. The second-order valence-electron chi connectivity index (χ2n) is 6.00. The van der Waals surface area contributed by atoms with Crippen LogP contribution >= 0.6 is 11.6 Å². The van der Waals surface area contributed by atoms with Gasteiger partial charge in [-0.15, -0.1) is 0 Å². The van der Waals surface area contributed by atoms with E-state index in [0.717, 1.165) is 5.69 Å². The highest BCUT2D eigenvalue weighted by atomic mass is 35.5. The van der Waals surface area contributed by atoms with Crippen molar-refractivity contribution in [2.75, 3.05) is 6.54 Å². The van der Waals surface area contributed by atoms with Crippen LogP contribution in [0.4, 0.5) is 0 Å². The van der Waals surface area contributed by atoms with Gasteiger partial charge in [0, 0.05) is 17.8 Å². The highest BCUT2D eigenvalue weighted by molar-refractivity contribution is 6.30. The highest BCUT2D eigenvalue weighted by Crippen LogP contribution is 2.15. The van der Waals surface area contributed by atoms with Gasteiger partial charge in [-0.05, 0) is 36.6 Å². The molecule has 2 aromatic rings. The van der Waals surface area contributed by atoms with E-state index >= 15 is 0 Å². The second-order valence-corrected chi connectivity index (χ2v) is 6.44. The number of nitrogens with zero attached hydrogens (tertiary/aromatic N) is 2. The van der Waals surface area contributed by atoms with Crippen LogP contribution in [0.25, 0.3) is 5.69 Å². The fourth-order valence-corrected chi connectivity index (χ4v) is 2.54. The fourth-order valence-electron chi connectivity index (χ4n) is 2.35. The molecule has 0 aliphatic carbocycles. The first kappa shape index (κ1) is 18.0. The van der Waals surface area contributed by atoms with Crippen LogP contribution in [-0.4, -0.2) is 33.3 Å². The van der Waals surface area contributed by atoms with Gasteiger partial charge in [0.2, 0.25) is 0 Å². The van der Waals surface area contributed by atoms with Gasteiger partial charge in [0.05, 0.1) is 11.6 Å². The number of rotatable bonds is 7. The molecule has 2 rings (SSSR count). The Balaban J connectivity index is 2.02. The molecule has 0 spiro atoms. The molecule has 0 fully saturated rings. The van der Waals surface area contributed by atoms with Crippen LogP contribution in [0.1, 0.15) is 30.8 Å². The molecule has 0 saturated carbocycles. The van der Waals surface area contributed by atoms with Gasteiger partial charge in [0.15, 0.2) is 5.69 Å². The lowest BCUT2D eigenvalue weighted by Gasteiger charge is -2.14. The number of aromatic nitrogens is 2. The smallest absolute Gasteiger partial charge is 0.308 e. The molecule has 1 heterocycles. The first-order valence-electron chi connectivity index (χ1n) is 7.69. The summed E-state index contributed by atoms with van der Waals surface area (Å²) < 4.78 is 1.55. The average Bonchev–Trinajstić information content (AvgIpc) is 3.00. The minimum atomic E-state index is -0.909. The highest BCUT2D eigenvalue weighted by Gasteiger charge is 2.20. The molecule has 0 bridgehead atoms. The van der Waals surface area contributed by atoms with E-state index in [9.17, 15) is 14.7 Å². The van der Waals surface area contributed by atoms with E-state index in [4.69, 9.17) is 11.6 Å². The number of hydrogen-bond donors (Lipinski definition) is 2. The SMILES string of the molecule is CC(C)CC(CNC(=O)c1ccn(-c2cccc(Cl)c2)n1)C(=O)O. The standard InChI is InChI=1S/C17H20ClN3O3/c1-11(2)8-12(17(23)24)10-19-16(22)15-6-7-21(20-15)14-5-3-4-13(18)9-14/h3-7,9,11-12H,8,10H2,1-2H3,(H,19,22)(H,23,24). The predicted molar refractivity (Wildman–Crippen MR) is 91.5 cm³/mol. The minimum absolute atomic E-state index is 0.0797. The third kappa shape index (κ3) is 4.83. The summed E-state index contributed by atoms with van der Waals surface area (Å²) in [6.45, 7) is 3.98. The number of halogens is 1. The Morgan fingerprint density at radius 3 is 2.71 bits per heavy atom. The molecule has 7 heteroatoms. The Hall–Kier alpha value is -2.34. The number of hydrogen-bond acceptors (Lipinski definition) is 3. The molecule has 1 aromatic carbocycles. The summed E-state index contributed by atoms with van der Waals surface area (Å²) in [5.41, 5.74) is 0.966. The molecular formula is C17H20ClN3O3. The number of carboxylic acid groups (broad SMARTS) is 1. The first-order valence-corrected chi connectivity index (χ1v) is 8.07. The Morgan fingerprint density at radius 2 is 2.08 bits per heavy atom. The van der Waals surface area contributed by atoms with Gasteiger partial charge in [-0.25, -0.2) is 4.68 Å². The molecule has 1 aromatic heterocycles. The summed E-state index contributed by atoms with van der Waals surface area (Å²) in [5.74, 6) is -1.67. The topological polar surface area (TPSA) is 84.2 Å². The summed E-state index contributed by atoms with van der Waals surface area (Å²) in [6, 6.07) is 8.68. The van der Waals surface area contributed by atoms with E-state index in [1.165, 1.54) is 0 Å². The largest absolute Gasteiger partial charge is 0.481 e. The molecule has 0 saturated heterocycles.